The van der Waals surface area contributed by atoms with E-state index in [1.54, 1.807) is 12.1 Å². The van der Waals surface area contributed by atoms with Crippen LogP contribution in [0, 0.1) is 6.92 Å². The highest BCUT2D eigenvalue weighted by molar-refractivity contribution is 7.89. The maximum atomic E-state index is 11.5. The minimum absolute atomic E-state index is 0.336. The molecule has 0 heterocycles. The summed E-state index contributed by atoms with van der Waals surface area (Å²) < 4.78 is 25.2. The predicted octanol–water partition coefficient (Wildman–Crippen LogP) is 1.47. The average molecular weight is 213 g/mol. The van der Waals surface area contributed by atoms with E-state index in [1.165, 1.54) is 7.05 Å². The summed E-state index contributed by atoms with van der Waals surface area (Å²) in [5, 5.41) is 0. The molecule has 78 valence electrons. The second kappa shape index (κ2) is 4.11. The molecule has 0 aliphatic carbocycles. The summed E-state index contributed by atoms with van der Waals surface area (Å²) in [5.74, 6) is 0. The molecule has 0 saturated heterocycles. The lowest BCUT2D eigenvalue weighted by Crippen LogP contribution is -2.18. The molecule has 0 fully saturated rings. The Kier molecular flexibility index (Phi) is 3.29. The standard InChI is InChI=1S/C10H15NO2S/c1-4-9-7-10(6-5-8(9)2)14(12,13)11-3/h5-7,11H,4H2,1-3H3. The van der Waals surface area contributed by atoms with E-state index in [4.69, 9.17) is 0 Å². The molecule has 0 atom stereocenters. The first-order valence-corrected chi connectivity index (χ1v) is 6.02. The molecule has 3 nitrogen and oxygen atoms in total. The van der Waals surface area contributed by atoms with Crippen molar-refractivity contribution in [3.8, 4) is 0 Å². The molecule has 0 aliphatic heterocycles. The predicted molar refractivity (Wildman–Crippen MR) is 56.8 cm³/mol. The van der Waals surface area contributed by atoms with Crippen LogP contribution in [0.4, 0.5) is 0 Å². The van der Waals surface area contributed by atoms with Gasteiger partial charge in [0.25, 0.3) is 0 Å². The Morgan fingerprint density at radius 2 is 2.00 bits per heavy atom. The molecule has 1 rings (SSSR count). The minimum atomic E-state index is -3.30. The number of rotatable bonds is 3. The monoisotopic (exact) mass is 213 g/mol. The summed E-state index contributed by atoms with van der Waals surface area (Å²) in [6.07, 6.45) is 0.846. The fourth-order valence-corrected chi connectivity index (χ4v) is 2.09. The van der Waals surface area contributed by atoms with E-state index in [9.17, 15) is 8.42 Å². The molecule has 0 radical (unpaired) electrons. The highest BCUT2D eigenvalue weighted by Crippen LogP contribution is 2.15. The van der Waals surface area contributed by atoms with E-state index >= 15 is 0 Å². The lowest BCUT2D eigenvalue weighted by molar-refractivity contribution is 0.588. The van der Waals surface area contributed by atoms with E-state index in [2.05, 4.69) is 4.72 Å². The average Bonchev–Trinajstić information content (AvgIpc) is 2.18. The van der Waals surface area contributed by atoms with Gasteiger partial charge in [-0.1, -0.05) is 13.0 Å². The van der Waals surface area contributed by atoms with Gasteiger partial charge >= 0.3 is 0 Å². The van der Waals surface area contributed by atoms with Crippen molar-refractivity contribution in [2.24, 2.45) is 0 Å². The highest BCUT2D eigenvalue weighted by Gasteiger charge is 2.11. The van der Waals surface area contributed by atoms with Crippen molar-refractivity contribution in [1.82, 2.24) is 4.72 Å². The van der Waals surface area contributed by atoms with Gasteiger partial charge in [0.2, 0.25) is 10.0 Å². The van der Waals surface area contributed by atoms with Gasteiger partial charge < -0.3 is 0 Å². The SMILES string of the molecule is CCc1cc(S(=O)(=O)NC)ccc1C. The summed E-state index contributed by atoms with van der Waals surface area (Å²) >= 11 is 0. The second-order valence-electron chi connectivity index (χ2n) is 3.15. The Morgan fingerprint density at radius 1 is 1.36 bits per heavy atom. The largest absolute Gasteiger partial charge is 0.240 e. The van der Waals surface area contributed by atoms with Crippen LogP contribution in [-0.4, -0.2) is 15.5 Å². The first kappa shape index (κ1) is 11.2. The van der Waals surface area contributed by atoms with Crippen LogP contribution in [0.15, 0.2) is 23.1 Å². The van der Waals surface area contributed by atoms with Gasteiger partial charge in [0.1, 0.15) is 0 Å². The van der Waals surface area contributed by atoms with Gasteiger partial charge in [-0.15, -0.1) is 0 Å². The lowest BCUT2D eigenvalue weighted by atomic mass is 10.1. The molecule has 4 heteroatoms. The van der Waals surface area contributed by atoms with Crippen LogP contribution in [0.2, 0.25) is 0 Å². The molecule has 0 spiro atoms. The number of nitrogens with one attached hydrogen (secondary N) is 1. The molecule has 1 N–H and O–H groups in total. The second-order valence-corrected chi connectivity index (χ2v) is 5.04. The van der Waals surface area contributed by atoms with E-state index in [1.807, 2.05) is 19.9 Å². The van der Waals surface area contributed by atoms with E-state index < -0.39 is 10.0 Å². The zero-order valence-corrected chi connectivity index (χ0v) is 9.48. The smallest absolute Gasteiger partial charge is 0.214 e. The summed E-state index contributed by atoms with van der Waals surface area (Å²) in [7, 11) is -1.88. The molecule has 0 unspecified atom stereocenters. The maximum Gasteiger partial charge on any atom is 0.240 e. The number of benzene rings is 1. The molecule has 14 heavy (non-hydrogen) atoms. The molecule has 0 amide bonds. The van der Waals surface area contributed by atoms with Gasteiger partial charge in [0, 0.05) is 0 Å². The van der Waals surface area contributed by atoms with Crippen LogP contribution in [0.25, 0.3) is 0 Å². The fraction of sp³-hybridized carbons (Fsp3) is 0.400. The highest BCUT2D eigenvalue weighted by atomic mass is 32.2. The zero-order chi connectivity index (χ0) is 10.8. The van der Waals surface area contributed by atoms with Gasteiger partial charge in [-0.3, -0.25) is 0 Å². The molecule has 0 aromatic heterocycles. The summed E-state index contributed by atoms with van der Waals surface area (Å²) in [5.41, 5.74) is 2.20. The number of aryl methyl sites for hydroxylation is 2. The third-order valence-electron chi connectivity index (χ3n) is 2.28. The topological polar surface area (TPSA) is 46.2 Å². The van der Waals surface area contributed by atoms with Gasteiger partial charge in [0.15, 0.2) is 0 Å². The molecule has 1 aromatic rings. The Bertz CT molecular complexity index is 424. The third-order valence-corrected chi connectivity index (χ3v) is 3.69. The minimum Gasteiger partial charge on any atom is -0.214 e. The Balaban J connectivity index is 3.26. The van der Waals surface area contributed by atoms with Crippen molar-refractivity contribution in [2.75, 3.05) is 7.05 Å². The Labute approximate surface area is 85.2 Å². The van der Waals surface area contributed by atoms with Gasteiger partial charge in [-0.2, -0.15) is 0 Å². The van der Waals surface area contributed by atoms with Gasteiger partial charge in [0.05, 0.1) is 4.90 Å². The number of sulfonamides is 1. The first-order chi connectivity index (χ1) is 6.51. The molecule has 0 aliphatic rings. The van der Waals surface area contributed by atoms with Crippen LogP contribution < -0.4 is 4.72 Å². The van der Waals surface area contributed by atoms with Crippen molar-refractivity contribution >= 4 is 10.0 Å². The van der Waals surface area contributed by atoms with Crippen molar-refractivity contribution in [3.05, 3.63) is 29.3 Å². The lowest BCUT2D eigenvalue weighted by Gasteiger charge is -2.06. The molecular formula is C10H15NO2S. The molecule has 0 bridgehead atoms. The van der Waals surface area contributed by atoms with Crippen molar-refractivity contribution in [2.45, 2.75) is 25.2 Å². The van der Waals surface area contributed by atoms with E-state index in [0.717, 1.165) is 17.5 Å². The molecule has 1 aromatic carbocycles. The van der Waals surface area contributed by atoms with Crippen LogP contribution in [0.1, 0.15) is 18.1 Å². The van der Waals surface area contributed by atoms with Crippen molar-refractivity contribution in [1.29, 1.82) is 0 Å². The Hall–Kier alpha value is -0.870. The van der Waals surface area contributed by atoms with Crippen molar-refractivity contribution in [3.63, 3.8) is 0 Å². The summed E-state index contributed by atoms with van der Waals surface area (Å²) in [4.78, 5) is 0.336. The van der Waals surface area contributed by atoms with Gasteiger partial charge in [-0.05, 0) is 43.7 Å². The van der Waals surface area contributed by atoms with Gasteiger partial charge in [-0.25, -0.2) is 13.1 Å². The maximum absolute atomic E-state index is 11.5. The molecule has 0 saturated carbocycles. The van der Waals surface area contributed by atoms with Crippen LogP contribution in [-0.2, 0) is 16.4 Å². The quantitative estimate of drug-likeness (QED) is 0.826. The van der Waals surface area contributed by atoms with Crippen molar-refractivity contribution < 1.29 is 8.42 Å². The van der Waals surface area contributed by atoms with E-state index in [0.29, 0.717) is 4.90 Å². The van der Waals surface area contributed by atoms with E-state index in [-0.39, 0.29) is 0 Å². The number of hydrogen-bond donors (Lipinski definition) is 1. The summed E-state index contributed by atoms with van der Waals surface area (Å²) in [6, 6.07) is 5.19. The zero-order valence-electron chi connectivity index (χ0n) is 8.66. The first-order valence-electron chi connectivity index (χ1n) is 4.54. The fourth-order valence-electron chi connectivity index (χ4n) is 1.31. The molecular weight excluding hydrogens is 198 g/mol. The van der Waals surface area contributed by atoms with Crippen LogP contribution in [0.5, 0.6) is 0 Å². The Morgan fingerprint density at radius 3 is 2.50 bits per heavy atom. The number of hydrogen-bond acceptors (Lipinski definition) is 2. The van der Waals surface area contributed by atoms with Crippen LogP contribution >= 0.6 is 0 Å². The third kappa shape index (κ3) is 2.13. The van der Waals surface area contributed by atoms with Crippen LogP contribution in [0.3, 0.4) is 0 Å². The normalized spacial score (nSPS) is 11.6. The summed E-state index contributed by atoms with van der Waals surface area (Å²) in [6.45, 7) is 3.99.